The second-order valence-electron chi connectivity index (χ2n) is 10.6. The highest BCUT2D eigenvalue weighted by molar-refractivity contribution is 7.78. The Labute approximate surface area is 216 Å². The summed E-state index contributed by atoms with van der Waals surface area (Å²) < 4.78 is 14.0. The van der Waals surface area contributed by atoms with Crippen molar-refractivity contribution in [1.29, 1.82) is 0 Å². The van der Waals surface area contributed by atoms with Crippen LogP contribution in [0.4, 0.5) is 10.1 Å². The topological polar surface area (TPSA) is 12.4 Å². The second-order valence-corrected chi connectivity index (χ2v) is 10.8. The minimum absolute atomic E-state index is 0.194. The lowest BCUT2D eigenvalue weighted by Crippen LogP contribution is -2.25. The lowest BCUT2D eigenvalue weighted by molar-refractivity contribution is 0.155. The molecule has 4 rings (SSSR count). The summed E-state index contributed by atoms with van der Waals surface area (Å²) in [5.74, 6) is 9.41. The Balaban J connectivity index is 1.25. The van der Waals surface area contributed by atoms with Gasteiger partial charge >= 0.3 is 0 Å². The number of thiocarbonyl (C=S) groups is 1. The third kappa shape index (κ3) is 7.36. The molecule has 0 N–H and O–H groups in total. The molecule has 3 heteroatoms. The van der Waals surface area contributed by atoms with E-state index in [0.29, 0.717) is 11.5 Å². The maximum absolute atomic E-state index is 14.0. The summed E-state index contributed by atoms with van der Waals surface area (Å²) in [6.45, 7) is 2.31. The monoisotopic (exact) mass is 487 g/mol. The highest BCUT2D eigenvalue weighted by atomic mass is 32.1. The van der Waals surface area contributed by atoms with Crippen molar-refractivity contribution >= 4 is 23.1 Å². The van der Waals surface area contributed by atoms with Crippen molar-refractivity contribution in [3.8, 4) is 11.8 Å². The van der Waals surface area contributed by atoms with Crippen LogP contribution in [0.1, 0.15) is 107 Å². The van der Waals surface area contributed by atoms with Gasteiger partial charge in [0.15, 0.2) is 5.82 Å². The van der Waals surface area contributed by atoms with Gasteiger partial charge in [0, 0.05) is 11.1 Å². The Morgan fingerprint density at radius 2 is 1.46 bits per heavy atom. The molecule has 0 amide bonds. The minimum Gasteiger partial charge on any atom is -0.205 e. The molecule has 2 aliphatic rings. The van der Waals surface area contributed by atoms with E-state index < -0.39 is 5.82 Å². The van der Waals surface area contributed by atoms with Crippen molar-refractivity contribution < 1.29 is 4.39 Å². The maximum Gasteiger partial charge on any atom is 0.150 e. The first-order chi connectivity index (χ1) is 17.2. The van der Waals surface area contributed by atoms with Crippen LogP contribution in [-0.2, 0) is 0 Å². The molecule has 35 heavy (non-hydrogen) atoms. The van der Waals surface area contributed by atoms with Gasteiger partial charge in [-0.15, -0.1) is 0 Å². The third-order valence-electron chi connectivity index (χ3n) is 8.39. The van der Waals surface area contributed by atoms with E-state index in [9.17, 15) is 4.39 Å². The van der Waals surface area contributed by atoms with Crippen LogP contribution in [0.25, 0.3) is 0 Å². The molecule has 2 fully saturated rings. The summed E-state index contributed by atoms with van der Waals surface area (Å²) in [7, 11) is 0. The molecule has 0 aromatic heterocycles. The van der Waals surface area contributed by atoms with Crippen molar-refractivity contribution in [2.45, 2.75) is 89.9 Å². The zero-order valence-corrected chi connectivity index (χ0v) is 21.9. The van der Waals surface area contributed by atoms with E-state index in [1.165, 1.54) is 88.7 Å². The first-order valence-corrected chi connectivity index (χ1v) is 14.1. The molecule has 0 unspecified atom stereocenters. The zero-order chi connectivity index (χ0) is 24.5. The van der Waals surface area contributed by atoms with Crippen LogP contribution in [0, 0.1) is 35.4 Å². The van der Waals surface area contributed by atoms with Gasteiger partial charge in [-0.25, -0.2) is 4.39 Å². The van der Waals surface area contributed by atoms with Crippen molar-refractivity contribution in [2.75, 3.05) is 0 Å². The molecule has 0 atom stereocenters. The van der Waals surface area contributed by atoms with Crippen LogP contribution in [0.2, 0.25) is 0 Å². The standard InChI is InChI=1S/C32H38FNS/c1-2-3-4-5-24-8-13-27(14-9-24)29-17-19-30(20-18-29)28-15-10-25(11-16-28)6-7-26-12-21-32(34-23-35)31(33)22-26/h10-12,15-16,21-22,24,27,29-30H,2-5,8-9,13-14,17-20H2,1H3. The fourth-order valence-corrected chi connectivity index (χ4v) is 6.36. The lowest BCUT2D eigenvalue weighted by Gasteiger charge is -2.38. The van der Waals surface area contributed by atoms with Gasteiger partial charge in [-0.05, 0) is 110 Å². The highest BCUT2D eigenvalue weighted by Crippen LogP contribution is 2.44. The van der Waals surface area contributed by atoms with Crippen molar-refractivity contribution in [2.24, 2.45) is 22.7 Å². The number of rotatable bonds is 7. The van der Waals surface area contributed by atoms with E-state index in [4.69, 9.17) is 0 Å². The van der Waals surface area contributed by atoms with E-state index in [-0.39, 0.29) is 5.69 Å². The van der Waals surface area contributed by atoms with Crippen molar-refractivity contribution in [3.63, 3.8) is 0 Å². The average molecular weight is 488 g/mol. The van der Waals surface area contributed by atoms with Gasteiger partial charge in [-0.1, -0.05) is 69.4 Å². The van der Waals surface area contributed by atoms with Crippen LogP contribution in [-0.4, -0.2) is 5.16 Å². The van der Waals surface area contributed by atoms with Crippen LogP contribution < -0.4 is 0 Å². The van der Waals surface area contributed by atoms with E-state index in [1.807, 2.05) is 0 Å². The first-order valence-electron chi connectivity index (χ1n) is 13.7. The summed E-state index contributed by atoms with van der Waals surface area (Å²) >= 11 is 4.54. The Bertz CT molecular complexity index is 1060. The molecule has 0 radical (unpaired) electrons. The molecular weight excluding hydrogens is 449 g/mol. The van der Waals surface area contributed by atoms with Gasteiger partial charge in [0.25, 0.3) is 0 Å². The van der Waals surface area contributed by atoms with Crippen LogP contribution in [0.3, 0.4) is 0 Å². The Hall–Kier alpha value is -2.27. The molecule has 0 heterocycles. The van der Waals surface area contributed by atoms with E-state index in [0.717, 1.165) is 23.3 Å². The van der Waals surface area contributed by atoms with E-state index in [2.05, 4.69) is 65.4 Å². The zero-order valence-electron chi connectivity index (χ0n) is 21.1. The summed E-state index contributed by atoms with van der Waals surface area (Å²) in [4.78, 5) is 3.71. The Morgan fingerprint density at radius 3 is 2.09 bits per heavy atom. The molecule has 1 nitrogen and oxygen atoms in total. The van der Waals surface area contributed by atoms with Crippen molar-refractivity contribution in [1.82, 2.24) is 0 Å². The molecule has 2 aliphatic carbocycles. The SMILES string of the molecule is CCCCCC1CCC(C2CCC(c3ccc(C#Cc4ccc(N=C=S)c(F)c4)cc3)CC2)CC1. The molecule has 0 saturated heterocycles. The Morgan fingerprint density at radius 1 is 0.829 bits per heavy atom. The molecule has 0 aliphatic heterocycles. The fraction of sp³-hybridized carbons (Fsp3) is 0.531. The number of benzene rings is 2. The number of unbranched alkanes of at least 4 members (excludes halogenated alkanes) is 2. The third-order valence-corrected chi connectivity index (χ3v) is 8.48. The molecule has 2 aromatic carbocycles. The molecule has 0 spiro atoms. The van der Waals surface area contributed by atoms with Gasteiger partial charge in [0.2, 0.25) is 0 Å². The minimum atomic E-state index is -0.430. The predicted molar refractivity (Wildman–Crippen MR) is 148 cm³/mol. The highest BCUT2D eigenvalue weighted by Gasteiger charge is 2.31. The number of isothiocyanates is 1. The summed E-state index contributed by atoms with van der Waals surface area (Å²) in [5.41, 5.74) is 3.23. The summed E-state index contributed by atoms with van der Waals surface area (Å²) in [6, 6.07) is 13.4. The van der Waals surface area contributed by atoms with Gasteiger partial charge in [0.1, 0.15) is 5.69 Å². The number of aliphatic imine (C=N–C) groups is 1. The first kappa shape index (κ1) is 25.8. The average Bonchev–Trinajstić information content (AvgIpc) is 2.90. The number of halogens is 1. The lowest BCUT2D eigenvalue weighted by atomic mass is 9.68. The fourth-order valence-electron chi connectivity index (χ4n) is 6.26. The van der Waals surface area contributed by atoms with Crippen LogP contribution in [0.15, 0.2) is 47.5 Å². The number of hydrogen-bond acceptors (Lipinski definition) is 2. The molecule has 2 aromatic rings. The summed E-state index contributed by atoms with van der Waals surface area (Å²) in [6.07, 6.45) is 17.0. The van der Waals surface area contributed by atoms with E-state index >= 15 is 0 Å². The number of hydrogen-bond donors (Lipinski definition) is 0. The van der Waals surface area contributed by atoms with Crippen molar-refractivity contribution in [3.05, 3.63) is 65.0 Å². The van der Waals surface area contributed by atoms with Gasteiger partial charge in [-0.3, -0.25) is 0 Å². The van der Waals surface area contributed by atoms with Crippen LogP contribution >= 0.6 is 12.2 Å². The largest absolute Gasteiger partial charge is 0.205 e. The smallest absolute Gasteiger partial charge is 0.150 e. The quantitative estimate of drug-likeness (QED) is 0.164. The molecule has 0 bridgehead atoms. The van der Waals surface area contributed by atoms with Gasteiger partial charge in [0.05, 0.1) is 5.16 Å². The van der Waals surface area contributed by atoms with Gasteiger partial charge < -0.3 is 0 Å². The number of nitrogens with zero attached hydrogens (tertiary/aromatic N) is 1. The Kier molecular flexibility index (Phi) is 9.70. The molecule has 184 valence electrons. The molecular formula is C32H38FNS. The summed E-state index contributed by atoms with van der Waals surface area (Å²) in [5, 5.41) is 2.19. The second kappa shape index (κ2) is 13.2. The molecule has 2 saturated carbocycles. The van der Waals surface area contributed by atoms with Crippen LogP contribution in [0.5, 0.6) is 0 Å². The predicted octanol–water partition coefficient (Wildman–Crippen LogP) is 9.62. The van der Waals surface area contributed by atoms with E-state index in [1.54, 1.807) is 12.1 Å². The normalized spacial score (nSPS) is 24.2. The maximum atomic E-state index is 14.0. The van der Waals surface area contributed by atoms with Gasteiger partial charge in [-0.2, -0.15) is 4.99 Å².